The summed E-state index contributed by atoms with van der Waals surface area (Å²) in [6.07, 6.45) is 2.02. The summed E-state index contributed by atoms with van der Waals surface area (Å²) in [5, 5.41) is 0. The number of sulfonamides is 1. The van der Waals surface area contributed by atoms with Gasteiger partial charge in [0, 0.05) is 12.1 Å². The van der Waals surface area contributed by atoms with Gasteiger partial charge in [0.25, 0.3) is 0 Å². The standard InChI is InChI=1S/C14H21N3O2S2/c1-17-8-6-11(7-9-17)10-16-21(18,19)13-5-3-2-4-12(13)14(15)20/h2-5,11,16H,6-10H2,1H3,(H2,15,20). The molecule has 0 spiro atoms. The summed E-state index contributed by atoms with van der Waals surface area (Å²) in [4.78, 5) is 2.51. The Hall–Kier alpha value is -1.02. The molecule has 1 aliphatic rings. The monoisotopic (exact) mass is 327 g/mol. The number of hydrogen-bond acceptors (Lipinski definition) is 4. The molecular formula is C14H21N3O2S2. The third kappa shape index (κ3) is 4.23. The number of hydrogen-bond donors (Lipinski definition) is 2. The zero-order valence-corrected chi connectivity index (χ0v) is 13.7. The normalized spacial score (nSPS) is 17.8. The Morgan fingerprint density at radius 3 is 2.62 bits per heavy atom. The highest BCUT2D eigenvalue weighted by atomic mass is 32.2. The quantitative estimate of drug-likeness (QED) is 0.787. The Morgan fingerprint density at radius 2 is 2.00 bits per heavy atom. The lowest BCUT2D eigenvalue weighted by atomic mass is 9.98. The molecule has 0 aliphatic carbocycles. The van der Waals surface area contributed by atoms with E-state index in [1.54, 1.807) is 18.2 Å². The zero-order chi connectivity index (χ0) is 15.5. The minimum atomic E-state index is -3.58. The maximum absolute atomic E-state index is 12.4. The van der Waals surface area contributed by atoms with Gasteiger partial charge >= 0.3 is 0 Å². The van der Waals surface area contributed by atoms with Crippen molar-refractivity contribution in [3.05, 3.63) is 29.8 Å². The topological polar surface area (TPSA) is 75.4 Å². The number of piperidine rings is 1. The summed E-state index contributed by atoms with van der Waals surface area (Å²) >= 11 is 4.92. The highest BCUT2D eigenvalue weighted by molar-refractivity contribution is 7.89. The molecule has 0 amide bonds. The lowest BCUT2D eigenvalue weighted by Gasteiger charge is -2.28. The van der Waals surface area contributed by atoms with Crippen molar-refractivity contribution in [1.82, 2.24) is 9.62 Å². The van der Waals surface area contributed by atoms with Crippen molar-refractivity contribution in [2.75, 3.05) is 26.7 Å². The van der Waals surface area contributed by atoms with Crippen molar-refractivity contribution in [2.45, 2.75) is 17.7 Å². The van der Waals surface area contributed by atoms with E-state index in [2.05, 4.69) is 16.7 Å². The summed E-state index contributed by atoms with van der Waals surface area (Å²) < 4.78 is 27.5. The van der Waals surface area contributed by atoms with E-state index in [0.29, 0.717) is 18.0 Å². The van der Waals surface area contributed by atoms with Gasteiger partial charge in [-0.3, -0.25) is 0 Å². The Kier molecular flexibility index (Phi) is 5.32. The van der Waals surface area contributed by atoms with Crippen molar-refractivity contribution in [3.8, 4) is 0 Å². The fourth-order valence-corrected chi connectivity index (χ4v) is 4.05. The number of rotatable bonds is 5. The Bertz CT molecular complexity index is 608. The third-order valence-electron chi connectivity index (χ3n) is 3.84. The lowest BCUT2D eigenvalue weighted by molar-refractivity contribution is 0.220. The SMILES string of the molecule is CN1CCC(CNS(=O)(=O)c2ccccc2C(N)=S)CC1. The highest BCUT2D eigenvalue weighted by Gasteiger charge is 2.22. The van der Waals surface area contributed by atoms with E-state index < -0.39 is 10.0 Å². The molecule has 0 unspecified atom stereocenters. The summed E-state index contributed by atoms with van der Waals surface area (Å²) in [7, 11) is -1.50. The van der Waals surface area contributed by atoms with Gasteiger partial charge in [-0.25, -0.2) is 13.1 Å². The number of likely N-dealkylation sites (tertiary alicyclic amines) is 1. The van der Waals surface area contributed by atoms with Crippen molar-refractivity contribution in [3.63, 3.8) is 0 Å². The van der Waals surface area contributed by atoms with Crippen LogP contribution in [-0.2, 0) is 10.0 Å². The van der Waals surface area contributed by atoms with Crippen molar-refractivity contribution in [2.24, 2.45) is 11.7 Å². The van der Waals surface area contributed by atoms with Crippen molar-refractivity contribution >= 4 is 27.2 Å². The van der Waals surface area contributed by atoms with Gasteiger partial charge in [-0.2, -0.15) is 0 Å². The predicted octanol–water partition coefficient (Wildman–Crippen LogP) is 0.941. The second kappa shape index (κ2) is 6.83. The number of benzene rings is 1. The average molecular weight is 327 g/mol. The molecule has 1 aliphatic heterocycles. The molecule has 0 aromatic heterocycles. The van der Waals surface area contributed by atoms with Crippen LogP contribution in [0.3, 0.4) is 0 Å². The van der Waals surface area contributed by atoms with E-state index in [1.165, 1.54) is 6.07 Å². The number of nitrogens with zero attached hydrogens (tertiary/aromatic N) is 1. The van der Waals surface area contributed by atoms with Gasteiger partial charge in [-0.05, 0) is 45.0 Å². The lowest BCUT2D eigenvalue weighted by Crippen LogP contribution is -2.37. The summed E-state index contributed by atoms with van der Waals surface area (Å²) in [5.74, 6) is 0.382. The van der Waals surface area contributed by atoms with Crippen LogP contribution < -0.4 is 10.5 Å². The van der Waals surface area contributed by atoms with E-state index in [0.717, 1.165) is 25.9 Å². The third-order valence-corrected chi connectivity index (χ3v) is 5.54. The van der Waals surface area contributed by atoms with Crippen LogP contribution in [0.4, 0.5) is 0 Å². The Morgan fingerprint density at radius 1 is 1.38 bits per heavy atom. The van der Waals surface area contributed by atoms with E-state index in [1.807, 2.05) is 0 Å². The second-order valence-corrected chi connectivity index (χ2v) is 7.63. The minimum absolute atomic E-state index is 0.0928. The van der Waals surface area contributed by atoms with E-state index in [-0.39, 0.29) is 9.88 Å². The molecule has 0 bridgehead atoms. The van der Waals surface area contributed by atoms with Gasteiger partial charge in [0.15, 0.2) is 0 Å². The summed E-state index contributed by atoms with van der Waals surface area (Å²) in [6.45, 7) is 2.48. The number of thiocarbonyl (C=S) groups is 1. The van der Waals surface area contributed by atoms with Gasteiger partial charge in [-0.1, -0.05) is 30.4 Å². The van der Waals surface area contributed by atoms with Crippen molar-refractivity contribution in [1.29, 1.82) is 0 Å². The number of nitrogens with two attached hydrogens (primary N) is 1. The molecule has 21 heavy (non-hydrogen) atoms. The van der Waals surface area contributed by atoms with Crippen LogP contribution in [-0.4, -0.2) is 45.0 Å². The first-order valence-electron chi connectivity index (χ1n) is 6.97. The van der Waals surface area contributed by atoms with Crippen LogP contribution in [0.25, 0.3) is 0 Å². The first-order valence-corrected chi connectivity index (χ1v) is 8.86. The molecule has 0 atom stereocenters. The molecule has 3 N–H and O–H groups in total. The fraction of sp³-hybridized carbons (Fsp3) is 0.500. The molecule has 1 fully saturated rings. The van der Waals surface area contributed by atoms with E-state index in [9.17, 15) is 8.42 Å². The largest absolute Gasteiger partial charge is 0.389 e. The Balaban J connectivity index is 2.07. The molecule has 1 heterocycles. The smallest absolute Gasteiger partial charge is 0.241 e. The van der Waals surface area contributed by atoms with Gasteiger partial charge < -0.3 is 10.6 Å². The molecule has 1 aromatic rings. The van der Waals surface area contributed by atoms with Gasteiger partial charge in [0.2, 0.25) is 10.0 Å². The molecule has 5 nitrogen and oxygen atoms in total. The average Bonchev–Trinajstić information content (AvgIpc) is 2.47. The summed E-state index contributed by atoms with van der Waals surface area (Å²) in [6, 6.07) is 6.56. The highest BCUT2D eigenvalue weighted by Crippen LogP contribution is 2.18. The summed E-state index contributed by atoms with van der Waals surface area (Å²) in [5.41, 5.74) is 5.99. The molecule has 2 rings (SSSR count). The Labute approximate surface area is 131 Å². The predicted molar refractivity (Wildman–Crippen MR) is 87.7 cm³/mol. The first kappa shape index (κ1) is 16.4. The molecular weight excluding hydrogens is 306 g/mol. The molecule has 1 aromatic carbocycles. The molecule has 7 heteroatoms. The van der Waals surface area contributed by atoms with Gasteiger partial charge in [-0.15, -0.1) is 0 Å². The zero-order valence-electron chi connectivity index (χ0n) is 12.1. The van der Waals surface area contributed by atoms with Crippen LogP contribution in [0.1, 0.15) is 18.4 Å². The maximum Gasteiger partial charge on any atom is 0.241 e. The van der Waals surface area contributed by atoms with E-state index >= 15 is 0 Å². The molecule has 0 radical (unpaired) electrons. The molecule has 116 valence electrons. The van der Waals surface area contributed by atoms with Crippen LogP contribution >= 0.6 is 12.2 Å². The fourth-order valence-electron chi connectivity index (χ4n) is 2.48. The second-order valence-electron chi connectivity index (χ2n) is 5.46. The minimum Gasteiger partial charge on any atom is -0.389 e. The molecule has 0 saturated carbocycles. The molecule has 1 saturated heterocycles. The van der Waals surface area contributed by atoms with Crippen LogP contribution in [0.5, 0.6) is 0 Å². The van der Waals surface area contributed by atoms with Crippen molar-refractivity contribution < 1.29 is 8.42 Å². The first-order chi connectivity index (χ1) is 9.90. The van der Waals surface area contributed by atoms with Gasteiger partial charge in [0.05, 0.1) is 4.90 Å². The van der Waals surface area contributed by atoms with Gasteiger partial charge in [0.1, 0.15) is 4.99 Å². The van der Waals surface area contributed by atoms with Crippen LogP contribution in [0.15, 0.2) is 29.2 Å². The van der Waals surface area contributed by atoms with E-state index in [4.69, 9.17) is 18.0 Å². The number of nitrogens with one attached hydrogen (secondary N) is 1. The van der Waals surface area contributed by atoms with Crippen LogP contribution in [0.2, 0.25) is 0 Å². The maximum atomic E-state index is 12.4. The van der Waals surface area contributed by atoms with Crippen LogP contribution in [0, 0.1) is 5.92 Å².